The zero-order valence-electron chi connectivity index (χ0n) is 19.7. The van der Waals surface area contributed by atoms with Gasteiger partial charge in [0.25, 0.3) is 5.91 Å². The summed E-state index contributed by atoms with van der Waals surface area (Å²) < 4.78 is 5.37. The van der Waals surface area contributed by atoms with E-state index in [-0.39, 0.29) is 31.1 Å². The average molecular weight is 485 g/mol. The first-order valence-electron chi connectivity index (χ1n) is 11.8. The number of benzene rings is 1. The van der Waals surface area contributed by atoms with Gasteiger partial charge in [-0.1, -0.05) is 44.2 Å². The monoisotopic (exact) mass is 484 g/mol. The molecule has 2 bridgehead atoms. The molecule has 0 spiro atoms. The van der Waals surface area contributed by atoms with Crippen molar-refractivity contribution in [2.75, 3.05) is 6.54 Å². The van der Waals surface area contributed by atoms with E-state index in [2.05, 4.69) is 10.3 Å². The van der Waals surface area contributed by atoms with Gasteiger partial charge in [0.2, 0.25) is 5.78 Å². The maximum atomic E-state index is 13.2. The van der Waals surface area contributed by atoms with Crippen LogP contribution in [-0.4, -0.2) is 35.0 Å². The van der Waals surface area contributed by atoms with Gasteiger partial charge in [0.05, 0.1) is 11.4 Å². The number of Topliss-reactive ketones (excluding diaryl/α,β-unsaturated/α-hetero) is 2. The highest BCUT2D eigenvalue weighted by atomic mass is 32.1. The minimum Gasteiger partial charge on any atom is -0.461 e. The Morgan fingerprint density at radius 3 is 2.68 bits per heavy atom. The number of esters is 1. The van der Waals surface area contributed by atoms with Gasteiger partial charge in [0.1, 0.15) is 12.4 Å². The number of amides is 1. The van der Waals surface area contributed by atoms with Crippen LogP contribution >= 0.6 is 11.3 Å². The van der Waals surface area contributed by atoms with E-state index < -0.39 is 29.5 Å². The van der Waals surface area contributed by atoms with Crippen molar-refractivity contribution in [3.05, 3.63) is 52.0 Å². The summed E-state index contributed by atoms with van der Waals surface area (Å²) in [6, 6.07) is 9.35. The predicted molar refractivity (Wildman–Crippen MR) is 129 cm³/mol. The third-order valence-electron chi connectivity index (χ3n) is 6.08. The molecule has 0 fully saturated rings. The van der Waals surface area contributed by atoms with Crippen molar-refractivity contribution in [3.63, 3.8) is 0 Å². The number of thiazole rings is 1. The van der Waals surface area contributed by atoms with E-state index in [4.69, 9.17) is 4.74 Å². The zero-order valence-corrected chi connectivity index (χ0v) is 20.6. The third kappa shape index (κ3) is 7.58. The minimum absolute atomic E-state index is 0.0493. The Hall–Kier alpha value is -2.87. The summed E-state index contributed by atoms with van der Waals surface area (Å²) >= 11 is 1.61. The zero-order chi connectivity index (χ0) is 24.5. The summed E-state index contributed by atoms with van der Waals surface area (Å²) in [6.07, 6.45) is 4.17. The Labute approximate surface area is 204 Å². The van der Waals surface area contributed by atoms with Crippen LogP contribution in [0.2, 0.25) is 0 Å². The van der Waals surface area contributed by atoms with Crippen LogP contribution in [-0.2, 0) is 43.4 Å². The molecule has 1 N–H and O–H groups in total. The molecule has 0 saturated carbocycles. The highest BCUT2D eigenvalue weighted by Gasteiger charge is 2.32. The van der Waals surface area contributed by atoms with Crippen molar-refractivity contribution in [1.82, 2.24) is 10.3 Å². The lowest BCUT2D eigenvalue weighted by Crippen LogP contribution is -2.38. The van der Waals surface area contributed by atoms with Crippen LogP contribution in [0.25, 0.3) is 0 Å². The van der Waals surface area contributed by atoms with Crippen molar-refractivity contribution in [3.8, 4) is 0 Å². The number of fused-ring (bicyclic) bond motifs is 2. The number of nitrogens with zero attached hydrogens (tertiary/aromatic N) is 1. The number of ether oxygens (including phenoxy) is 1. The summed E-state index contributed by atoms with van der Waals surface area (Å²) in [5.74, 6) is -3.27. The minimum atomic E-state index is -0.735. The summed E-state index contributed by atoms with van der Waals surface area (Å²) in [6.45, 7) is 4.30. The highest BCUT2D eigenvalue weighted by molar-refractivity contribution is 7.11. The molecule has 0 saturated heterocycles. The van der Waals surface area contributed by atoms with Gasteiger partial charge in [-0.3, -0.25) is 19.2 Å². The molecule has 1 aromatic carbocycles. The summed E-state index contributed by atoms with van der Waals surface area (Å²) in [5, 5.41) is 3.59. The molecule has 1 aliphatic heterocycles. The van der Waals surface area contributed by atoms with Gasteiger partial charge >= 0.3 is 5.97 Å². The van der Waals surface area contributed by atoms with E-state index in [0.29, 0.717) is 19.4 Å². The van der Waals surface area contributed by atoms with Crippen LogP contribution in [0.4, 0.5) is 0 Å². The fraction of sp³-hybridized carbons (Fsp3) is 0.500. The molecule has 0 aliphatic carbocycles. The molecule has 1 aliphatic rings. The second kappa shape index (κ2) is 12.6. The Kier molecular flexibility index (Phi) is 9.51. The predicted octanol–water partition coefficient (Wildman–Crippen LogP) is 3.69. The molecule has 2 aromatic rings. The van der Waals surface area contributed by atoms with Gasteiger partial charge in [-0.05, 0) is 30.7 Å². The number of carbonyl (C=O) groups excluding carboxylic acids is 4. The first kappa shape index (κ1) is 25.7. The molecule has 2 atom stereocenters. The molecule has 2 unspecified atom stereocenters. The molecule has 182 valence electrons. The molecule has 7 nitrogen and oxygen atoms in total. The number of hydrogen-bond acceptors (Lipinski definition) is 7. The van der Waals surface area contributed by atoms with Crippen LogP contribution in [0.1, 0.15) is 55.0 Å². The number of hydrogen-bond donors (Lipinski definition) is 1. The fourth-order valence-electron chi connectivity index (χ4n) is 4.03. The molecule has 34 heavy (non-hydrogen) atoms. The number of ketones is 2. The first-order valence-corrected chi connectivity index (χ1v) is 12.6. The first-order chi connectivity index (χ1) is 16.3. The highest BCUT2D eigenvalue weighted by Crippen LogP contribution is 2.25. The molecule has 3 rings (SSSR count). The lowest BCUT2D eigenvalue weighted by molar-refractivity contribution is -0.149. The second-order valence-electron chi connectivity index (χ2n) is 9.05. The van der Waals surface area contributed by atoms with Gasteiger partial charge in [-0.25, -0.2) is 4.98 Å². The van der Waals surface area contributed by atoms with E-state index in [9.17, 15) is 19.2 Å². The van der Waals surface area contributed by atoms with Crippen LogP contribution in [0.5, 0.6) is 0 Å². The molecular weight excluding hydrogens is 452 g/mol. The fourth-order valence-corrected chi connectivity index (χ4v) is 5.01. The van der Waals surface area contributed by atoms with Gasteiger partial charge < -0.3 is 10.1 Å². The van der Waals surface area contributed by atoms with Crippen LogP contribution in [0.3, 0.4) is 0 Å². The van der Waals surface area contributed by atoms with Crippen LogP contribution in [0, 0.1) is 17.8 Å². The summed E-state index contributed by atoms with van der Waals surface area (Å²) in [7, 11) is 0. The van der Waals surface area contributed by atoms with Gasteiger partial charge in [0, 0.05) is 42.3 Å². The molecule has 8 heteroatoms. The standard InChI is InChI=1S/C26H32N2O5S/c1-17(2)21(14-24(30)33-16-18-7-4-3-5-8-18)22(29)13-19-10-11-23-28-15-20(34-23)9-6-12-27-26(32)25(19)31/h3-5,7-8,15,17,19,21H,6,9-14,16H2,1-2H3,(H,27,32). The molecule has 1 aromatic heterocycles. The van der Waals surface area contributed by atoms with Gasteiger partial charge in [-0.2, -0.15) is 0 Å². The third-order valence-corrected chi connectivity index (χ3v) is 7.20. The molecule has 1 amide bonds. The Morgan fingerprint density at radius 1 is 1.18 bits per heavy atom. The van der Waals surface area contributed by atoms with E-state index >= 15 is 0 Å². The lowest BCUT2D eigenvalue weighted by Gasteiger charge is -2.22. The van der Waals surface area contributed by atoms with Gasteiger partial charge in [-0.15, -0.1) is 11.3 Å². The molecular formula is C26H32N2O5S. The summed E-state index contributed by atoms with van der Waals surface area (Å²) in [5.41, 5.74) is 0.874. The van der Waals surface area contributed by atoms with E-state index in [1.165, 1.54) is 0 Å². The van der Waals surface area contributed by atoms with E-state index in [1.807, 2.05) is 50.4 Å². The number of rotatable bonds is 8. The Bertz CT molecular complexity index is 1000. The number of nitrogens with one attached hydrogen (secondary N) is 1. The van der Waals surface area contributed by atoms with Crippen LogP contribution in [0.15, 0.2) is 36.5 Å². The largest absolute Gasteiger partial charge is 0.461 e. The SMILES string of the molecule is CC(C)C(CC(=O)OCc1ccccc1)C(=O)CC1CCc2ncc(s2)CCCNC(=O)C1=O. The van der Waals surface area contributed by atoms with Crippen molar-refractivity contribution >= 4 is 34.8 Å². The lowest BCUT2D eigenvalue weighted by atomic mass is 9.82. The average Bonchev–Trinajstić information content (AvgIpc) is 3.28. The number of aryl methyl sites for hydroxylation is 2. The van der Waals surface area contributed by atoms with Crippen molar-refractivity contribution < 1.29 is 23.9 Å². The maximum absolute atomic E-state index is 13.2. The number of aromatic nitrogens is 1. The van der Waals surface area contributed by atoms with Crippen LogP contribution < -0.4 is 5.32 Å². The van der Waals surface area contributed by atoms with Gasteiger partial charge in [0.15, 0.2) is 0 Å². The Morgan fingerprint density at radius 2 is 1.94 bits per heavy atom. The normalized spacial score (nSPS) is 17.9. The quantitative estimate of drug-likeness (QED) is 0.453. The topological polar surface area (TPSA) is 102 Å². The van der Waals surface area contributed by atoms with E-state index in [0.717, 1.165) is 28.3 Å². The second-order valence-corrected chi connectivity index (χ2v) is 10.3. The van der Waals surface area contributed by atoms with Crippen molar-refractivity contribution in [2.24, 2.45) is 17.8 Å². The summed E-state index contributed by atoms with van der Waals surface area (Å²) in [4.78, 5) is 56.5. The van der Waals surface area contributed by atoms with Crippen molar-refractivity contribution in [2.45, 2.75) is 59.0 Å². The molecule has 0 radical (unpaired) electrons. The number of carbonyl (C=O) groups is 4. The smallest absolute Gasteiger partial charge is 0.306 e. The van der Waals surface area contributed by atoms with Crippen molar-refractivity contribution in [1.29, 1.82) is 0 Å². The molecule has 2 heterocycles. The van der Waals surface area contributed by atoms with E-state index in [1.54, 1.807) is 11.3 Å². The Balaban J connectivity index is 1.64. The maximum Gasteiger partial charge on any atom is 0.306 e.